The Morgan fingerprint density at radius 2 is 1.92 bits per heavy atom. The van der Waals surface area contributed by atoms with Gasteiger partial charge in [-0.05, 0) is 37.1 Å². The number of nitrogens with two attached hydrogens (primary N) is 1. The van der Waals surface area contributed by atoms with Crippen molar-refractivity contribution in [2.24, 2.45) is 5.10 Å². The van der Waals surface area contributed by atoms with Gasteiger partial charge in [0.2, 0.25) is 5.95 Å². The Morgan fingerprint density at radius 3 is 2.58 bits per heavy atom. The molecule has 3 aromatic rings. The second-order valence-electron chi connectivity index (χ2n) is 5.96. The van der Waals surface area contributed by atoms with Gasteiger partial charge in [-0.2, -0.15) is 5.10 Å². The summed E-state index contributed by atoms with van der Waals surface area (Å²) in [6.07, 6.45) is 3.51. The van der Waals surface area contributed by atoms with Crippen molar-refractivity contribution < 1.29 is 9.47 Å². The number of imidazole rings is 1. The molecule has 26 heavy (non-hydrogen) atoms. The Bertz CT molecular complexity index is 917. The quantitative estimate of drug-likeness (QED) is 0.690. The summed E-state index contributed by atoms with van der Waals surface area (Å²) >= 11 is 0. The standard InChI is InChI=1S/C20H22N4O2/c1-14-9-18(25-3)19(26-13-16-7-5-4-6-8-16)10-17(14)11-22-24-12-15(2)23-20(24)21/h4-12H,13H2,1-3H3,(H2,21,23). The van der Waals surface area contributed by atoms with Crippen molar-refractivity contribution in [1.29, 1.82) is 0 Å². The summed E-state index contributed by atoms with van der Waals surface area (Å²) in [5.41, 5.74) is 9.67. The molecule has 2 N–H and O–H groups in total. The molecule has 0 aliphatic rings. The molecule has 1 aromatic heterocycles. The number of anilines is 1. The van der Waals surface area contributed by atoms with Crippen molar-refractivity contribution >= 4 is 12.2 Å². The number of ether oxygens (including phenoxy) is 2. The SMILES string of the molecule is COc1cc(C)c(C=Nn2cc(C)nc2N)cc1OCc1ccccc1. The normalized spacial score (nSPS) is 11.0. The van der Waals surface area contributed by atoms with Gasteiger partial charge in [0.05, 0.1) is 25.2 Å². The van der Waals surface area contributed by atoms with Gasteiger partial charge in [0.1, 0.15) is 6.61 Å². The van der Waals surface area contributed by atoms with Gasteiger partial charge in [-0.1, -0.05) is 30.3 Å². The lowest BCUT2D eigenvalue weighted by atomic mass is 10.1. The van der Waals surface area contributed by atoms with E-state index < -0.39 is 0 Å². The molecule has 0 atom stereocenters. The minimum absolute atomic E-state index is 0.352. The third-order valence-electron chi connectivity index (χ3n) is 3.95. The Kier molecular flexibility index (Phi) is 5.22. The summed E-state index contributed by atoms with van der Waals surface area (Å²) in [5.74, 6) is 1.71. The molecule has 0 aliphatic carbocycles. The van der Waals surface area contributed by atoms with E-state index in [1.165, 1.54) is 0 Å². The molecule has 0 bridgehead atoms. The predicted octanol–water partition coefficient (Wildman–Crippen LogP) is 3.55. The molecule has 0 spiro atoms. The first kappa shape index (κ1) is 17.5. The number of rotatable bonds is 6. The van der Waals surface area contributed by atoms with E-state index in [0.29, 0.717) is 24.1 Å². The van der Waals surface area contributed by atoms with Crippen LogP contribution in [0.1, 0.15) is 22.4 Å². The monoisotopic (exact) mass is 350 g/mol. The van der Waals surface area contributed by atoms with Gasteiger partial charge in [-0.15, -0.1) is 0 Å². The molecule has 0 radical (unpaired) electrons. The van der Waals surface area contributed by atoms with Gasteiger partial charge in [0.25, 0.3) is 0 Å². The Hall–Kier alpha value is -3.28. The zero-order chi connectivity index (χ0) is 18.5. The number of aryl methyl sites for hydroxylation is 2. The number of nitrogens with zero attached hydrogens (tertiary/aromatic N) is 3. The fourth-order valence-corrected chi connectivity index (χ4v) is 2.54. The van der Waals surface area contributed by atoms with Crippen molar-refractivity contribution in [3.8, 4) is 11.5 Å². The second-order valence-corrected chi connectivity index (χ2v) is 5.96. The van der Waals surface area contributed by atoms with Crippen molar-refractivity contribution in [2.45, 2.75) is 20.5 Å². The highest BCUT2D eigenvalue weighted by molar-refractivity contribution is 5.83. The number of hydrogen-bond acceptors (Lipinski definition) is 5. The molecule has 0 saturated carbocycles. The van der Waals surface area contributed by atoms with Crippen molar-refractivity contribution in [2.75, 3.05) is 12.8 Å². The third kappa shape index (κ3) is 4.03. The molecule has 0 fully saturated rings. The lowest BCUT2D eigenvalue weighted by Gasteiger charge is -2.13. The maximum atomic E-state index is 5.96. The molecule has 1 heterocycles. The summed E-state index contributed by atoms with van der Waals surface area (Å²) in [6, 6.07) is 13.8. The van der Waals surface area contributed by atoms with Crippen LogP contribution >= 0.6 is 0 Å². The summed E-state index contributed by atoms with van der Waals surface area (Å²) in [5, 5.41) is 4.38. The van der Waals surface area contributed by atoms with E-state index in [-0.39, 0.29) is 0 Å². The molecule has 134 valence electrons. The van der Waals surface area contributed by atoms with Crippen LogP contribution in [0.25, 0.3) is 0 Å². The molecule has 0 unspecified atom stereocenters. The van der Waals surface area contributed by atoms with E-state index in [4.69, 9.17) is 15.2 Å². The summed E-state index contributed by atoms with van der Waals surface area (Å²) in [6.45, 7) is 4.33. The minimum atomic E-state index is 0.352. The van der Waals surface area contributed by atoms with Crippen LogP contribution in [0.5, 0.6) is 11.5 Å². The van der Waals surface area contributed by atoms with Gasteiger partial charge >= 0.3 is 0 Å². The minimum Gasteiger partial charge on any atom is -0.493 e. The third-order valence-corrected chi connectivity index (χ3v) is 3.95. The number of methoxy groups -OCH3 is 1. The van der Waals surface area contributed by atoms with Crippen LogP contribution in [0.2, 0.25) is 0 Å². The van der Waals surface area contributed by atoms with E-state index in [1.54, 1.807) is 24.2 Å². The van der Waals surface area contributed by atoms with Crippen molar-refractivity contribution in [3.05, 3.63) is 71.0 Å². The highest BCUT2D eigenvalue weighted by Gasteiger charge is 2.09. The van der Waals surface area contributed by atoms with E-state index in [2.05, 4.69) is 10.1 Å². The van der Waals surface area contributed by atoms with E-state index >= 15 is 0 Å². The zero-order valence-corrected chi connectivity index (χ0v) is 15.1. The fraction of sp³-hybridized carbons (Fsp3) is 0.200. The van der Waals surface area contributed by atoms with Crippen LogP contribution in [0.15, 0.2) is 53.8 Å². The van der Waals surface area contributed by atoms with Gasteiger partial charge in [-0.3, -0.25) is 0 Å². The number of aromatic nitrogens is 2. The van der Waals surface area contributed by atoms with E-state index in [0.717, 1.165) is 22.4 Å². The lowest BCUT2D eigenvalue weighted by molar-refractivity contribution is 0.284. The molecule has 6 heteroatoms. The number of benzene rings is 2. The molecule has 3 rings (SSSR count). The lowest BCUT2D eigenvalue weighted by Crippen LogP contribution is -2.01. The fourth-order valence-electron chi connectivity index (χ4n) is 2.54. The molecule has 2 aromatic carbocycles. The number of hydrogen-bond donors (Lipinski definition) is 1. The van der Waals surface area contributed by atoms with Gasteiger partial charge in [-0.25, -0.2) is 9.66 Å². The molecular formula is C20H22N4O2. The molecular weight excluding hydrogens is 328 g/mol. The summed E-state index contributed by atoms with van der Waals surface area (Å²) < 4.78 is 13.0. The molecule has 0 aliphatic heterocycles. The first-order chi connectivity index (χ1) is 12.6. The molecule has 0 saturated heterocycles. The smallest absolute Gasteiger partial charge is 0.221 e. The van der Waals surface area contributed by atoms with E-state index in [1.807, 2.05) is 56.3 Å². The average Bonchev–Trinajstić information content (AvgIpc) is 2.97. The maximum Gasteiger partial charge on any atom is 0.221 e. The highest BCUT2D eigenvalue weighted by atomic mass is 16.5. The van der Waals surface area contributed by atoms with Crippen molar-refractivity contribution in [1.82, 2.24) is 9.66 Å². The first-order valence-electron chi connectivity index (χ1n) is 8.28. The first-order valence-corrected chi connectivity index (χ1v) is 8.28. The maximum absolute atomic E-state index is 5.96. The summed E-state index contributed by atoms with van der Waals surface area (Å²) in [4.78, 5) is 4.14. The largest absolute Gasteiger partial charge is 0.493 e. The van der Waals surface area contributed by atoms with Crippen LogP contribution in [0.3, 0.4) is 0 Å². The zero-order valence-electron chi connectivity index (χ0n) is 15.1. The summed E-state index contributed by atoms with van der Waals surface area (Å²) in [7, 11) is 1.63. The van der Waals surface area contributed by atoms with Crippen LogP contribution in [0.4, 0.5) is 5.95 Å². The molecule has 6 nitrogen and oxygen atoms in total. The number of nitrogen functional groups attached to an aromatic ring is 1. The Labute approximate surface area is 152 Å². The van der Waals surface area contributed by atoms with Crippen LogP contribution in [-0.2, 0) is 6.61 Å². The van der Waals surface area contributed by atoms with Crippen LogP contribution < -0.4 is 15.2 Å². The van der Waals surface area contributed by atoms with E-state index in [9.17, 15) is 0 Å². The second kappa shape index (κ2) is 7.74. The highest BCUT2D eigenvalue weighted by Crippen LogP contribution is 2.30. The van der Waals surface area contributed by atoms with Crippen LogP contribution in [0, 0.1) is 13.8 Å². The van der Waals surface area contributed by atoms with Crippen LogP contribution in [-0.4, -0.2) is 23.0 Å². The van der Waals surface area contributed by atoms with Crippen molar-refractivity contribution in [3.63, 3.8) is 0 Å². The van der Waals surface area contributed by atoms with Gasteiger partial charge < -0.3 is 15.2 Å². The molecule has 0 amide bonds. The Balaban J connectivity index is 1.85. The van der Waals surface area contributed by atoms with Gasteiger partial charge in [0.15, 0.2) is 11.5 Å². The average molecular weight is 350 g/mol. The Morgan fingerprint density at radius 1 is 1.15 bits per heavy atom. The van der Waals surface area contributed by atoms with Gasteiger partial charge in [0, 0.05) is 5.56 Å². The topological polar surface area (TPSA) is 74.7 Å². The predicted molar refractivity (Wildman–Crippen MR) is 103 cm³/mol.